The molecule has 2 aromatic carbocycles. The number of halogens is 1. The number of β-amino-alcohol motifs (C(OH)–C–C–N with tert-alkyl or cyclic N) is 1. The van der Waals surface area contributed by atoms with Crippen LogP contribution in [0.25, 0.3) is 0 Å². The van der Waals surface area contributed by atoms with Crippen LogP contribution in [-0.4, -0.2) is 65.0 Å². The van der Waals surface area contributed by atoms with Gasteiger partial charge in [-0.2, -0.15) is 4.98 Å². The van der Waals surface area contributed by atoms with Gasteiger partial charge in [-0.05, 0) is 80.6 Å². The Balaban J connectivity index is 1.27. The van der Waals surface area contributed by atoms with E-state index in [2.05, 4.69) is 36.9 Å². The second-order valence-electron chi connectivity index (χ2n) is 11.0. The molecule has 1 fully saturated rings. The van der Waals surface area contributed by atoms with Gasteiger partial charge in [-0.3, -0.25) is 4.79 Å². The number of carbonyl (C=O) groups excluding carboxylic acids is 2. The van der Waals surface area contributed by atoms with Crippen molar-refractivity contribution in [1.82, 2.24) is 14.9 Å². The molecule has 2 aliphatic rings. The minimum absolute atomic E-state index is 0.0219. The predicted molar refractivity (Wildman–Crippen MR) is 159 cm³/mol. The van der Waals surface area contributed by atoms with E-state index in [-0.39, 0.29) is 5.91 Å². The third-order valence-corrected chi connectivity index (χ3v) is 8.19. The summed E-state index contributed by atoms with van der Waals surface area (Å²) < 4.78 is 5.69. The van der Waals surface area contributed by atoms with Crippen molar-refractivity contribution in [1.29, 1.82) is 0 Å². The van der Waals surface area contributed by atoms with E-state index in [1.165, 1.54) is 5.56 Å². The maximum atomic E-state index is 12.5. The summed E-state index contributed by atoms with van der Waals surface area (Å²) in [5.74, 6) is 1.85. The molecule has 0 saturated carbocycles. The van der Waals surface area contributed by atoms with Gasteiger partial charge in [0.1, 0.15) is 23.2 Å². The molecule has 5 rings (SSSR count). The molecular formula is C30H35ClN6O4. The van der Waals surface area contributed by atoms with Crippen molar-refractivity contribution >= 4 is 46.9 Å². The van der Waals surface area contributed by atoms with E-state index in [1.807, 2.05) is 44.2 Å². The van der Waals surface area contributed by atoms with Crippen molar-refractivity contribution in [3.8, 4) is 5.75 Å². The molecule has 11 heteroatoms. The first-order chi connectivity index (χ1) is 19.7. The van der Waals surface area contributed by atoms with Gasteiger partial charge >= 0.3 is 0 Å². The average molecular weight is 579 g/mol. The Morgan fingerprint density at radius 3 is 2.78 bits per heavy atom. The molecule has 216 valence electrons. The summed E-state index contributed by atoms with van der Waals surface area (Å²) >= 11 is 6.43. The second-order valence-corrected chi connectivity index (χ2v) is 11.4. The molecule has 4 N–H and O–H groups in total. The van der Waals surface area contributed by atoms with Crippen LogP contribution in [0.15, 0.2) is 42.6 Å². The van der Waals surface area contributed by atoms with Crippen molar-refractivity contribution in [3.63, 3.8) is 0 Å². The Morgan fingerprint density at radius 2 is 2.05 bits per heavy atom. The van der Waals surface area contributed by atoms with E-state index in [4.69, 9.17) is 16.3 Å². The Labute approximate surface area is 244 Å². The van der Waals surface area contributed by atoms with Gasteiger partial charge < -0.3 is 35.5 Å². The monoisotopic (exact) mass is 578 g/mol. The van der Waals surface area contributed by atoms with Gasteiger partial charge in [0, 0.05) is 18.8 Å². The first kappa shape index (κ1) is 28.8. The Bertz CT molecular complexity index is 1440. The number of likely N-dealkylation sites (tertiary alicyclic amines) is 1. The highest BCUT2D eigenvalue weighted by atomic mass is 35.5. The SMILES string of the molecule is COc1cc(C2CCN(CC(O)C=O)CC2)ccc1Nc1ncc(Cl)c(NCc2cccc3c2C(C)(C)C(=O)N3)n1. The maximum absolute atomic E-state index is 12.5. The van der Waals surface area contributed by atoms with Crippen LogP contribution in [0.5, 0.6) is 5.75 Å². The third kappa shape index (κ3) is 6.14. The van der Waals surface area contributed by atoms with E-state index < -0.39 is 11.5 Å². The number of fused-ring (bicyclic) bond motifs is 1. The number of aromatic nitrogens is 2. The van der Waals surface area contributed by atoms with Crippen LogP contribution in [0.4, 0.5) is 23.1 Å². The molecule has 1 unspecified atom stereocenters. The van der Waals surface area contributed by atoms with Crippen LogP contribution < -0.4 is 20.7 Å². The number of nitrogens with zero attached hydrogens (tertiary/aromatic N) is 3. The standard InChI is InChI=1S/C30H35ClN6O4/c1-30(2)26-20(5-4-6-24(26)34-28(30)40)14-32-27-22(31)15-33-29(36-27)35-23-8-7-19(13-25(23)41-3)18-9-11-37(12-10-18)16-21(39)17-38/h4-8,13,15,17-18,21,39H,9-12,14,16H2,1-3H3,(H,34,40)(H2,32,33,35,36). The highest BCUT2D eigenvalue weighted by molar-refractivity contribution is 6.32. The van der Waals surface area contributed by atoms with Crippen LogP contribution in [0.1, 0.15) is 49.3 Å². The lowest BCUT2D eigenvalue weighted by molar-refractivity contribution is -0.119. The molecule has 3 heterocycles. The molecule has 1 saturated heterocycles. The highest BCUT2D eigenvalue weighted by Crippen LogP contribution is 2.40. The summed E-state index contributed by atoms with van der Waals surface area (Å²) in [6, 6.07) is 11.9. The first-order valence-electron chi connectivity index (χ1n) is 13.7. The maximum Gasteiger partial charge on any atom is 0.234 e. The van der Waals surface area contributed by atoms with E-state index in [9.17, 15) is 14.7 Å². The van der Waals surface area contributed by atoms with E-state index in [0.717, 1.165) is 48.4 Å². The molecule has 2 aliphatic heterocycles. The molecule has 1 amide bonds. The van der Waals surface area contributed by atoms with Crippen LogP contribution in [0.2, 0.25) is 5.02 Å². The molecular weight excluding hydrogens is 544 g/mol. The number of hydrogen-bond acceptors (Lipinski definition) is 9. The number of benzene rings is 2. The molecule has 0 radical (unpaired) electrons. The zero-order chi connectivity index (χ0) is 29.1. The van der Waals surface area contributed by atoms with Gasteiger partial charge in [-0.1, -0.05) is 29.8 Å². The lowest BCUT2D eigenvalue weighted by atomic mass is 9.83. The molecule has 10 nitrogen and oxygen atoms in total. The number of carbonyl (C=O) groups is 2. The Kier molecular flexibility index (Phi) is 8.44. The van der Waals surface area contributed by atoms with Crippen molar-refractivity contribution in [2.75, 3.05) is 42.7 Å². The second kappa shape index (κ2) is 12.0. The lowest BCUT2D eigenvalue weighted by Gasteiger charge is -2.32. The molecule has 3 aromatic rings. The predicted octanol–water partition coefficient (Wildman–Crippen LogP) is 4.46. The molecule has 1 aromatic heterocycles. The van der Waals surface area contributed by atoms with Gasteiger partial charge in [-0.25, -0.2) is 4.98 Å². The molecule has 0 aliphatic carbocycles. The summed E-state index contributed by atoms with van der Waals surface area (Å²) in [5, 5.41) is 19.5. The quantitative estimate of drug-likeness (QED) is 0.258. The number of piperidine rings is 1. The van der Waals surface area contributed by atoms with Crippen LogP contribution >= 0.6 is 11.6 Å². The molecule has 0 spiro atoms. The fourth-order valence-corrected chi connectivity index (χ4v) is 5.81. The van der Waals surface area contributed by atoms with E-state index in [0.29, 0.717) is 47.8 Å². The number of amides is 1. The molecule has 41 heavy (non-hydrogen) atoms. The minimum Gasteiger partial charge on any atom is -0.495 e. The number of anilines is 4. The number of hydrogen-bond donors (Lipinski definition) is 4. The number of rotatable bonds is 10. The fraction of sp³-hybridized carbons (Fsp3) is 0.400. The molecule has 0 bridgehead atoms. The van der Waals surface area contributed by atoms with Crippen LogP contribution in [0, 0.1) is 0 Å². The number of nitrogens with one attached hydrogen (secondary N) is 3. The van der Waals surface area contributed by atoms with Crippen LogP contribution in [0.3, 0.4) is 0 Å². The minimum atomic E-state index is -0.933. The third-order valence-electron chi connectivity index (χ3n) is 7.92. The normalized spacial score (nSPS) is 17.4. The topological polar surface area (TPSA) is 129 Å². The zero-order valence-electron chi connectivity index (χ0n) is 23.4. The van der Waals surface area contributed by atoms with Gasteiger partial charge in [0.15, 0.2) is 5.82 Å². The van der Waals surface area contributed by atoms with Gasteiger partial charge in [0.25, 0.3) is 0 Å². The van der Waals surface area contributed by atoms with Gasteiger partial charge in [0.2, 0.25) is 11.9 Å². The summed E-state index contributed by atoms with van der Waals surface area (Å²) in [6.45, 7) is 6.29. The van der Waals surface area contributed by atoms with Crippen molar-refractivity contribution in [3.05, 3.63) is 64.3 Å². The van der Waals surface area contributed by atoms with Crippen molar-refractivity contribution in [2.45, 2.75) is 50.7 Å². The Morgan fingerprint density at radius 1 is 1.27 bits per heavy atom. The summed E-state index contributed by atoms with van der Waals surface area (Å²) in [4.78, 5) is 34.3. The number of methoxy groups -OCH3 is 1. The van der Waals surface area contributed by atoms with Crippen molar-refractivity contribution in [2.24, 2.45) is 0 Å². The summed E-state index contributed by atoms with van der Waals surface area (Å²) in [7, 11) is 1.63. The van der Waals surface area contributed by atoms with Gasteiger partial charge in [-0.15, -0.1) is 0 Å². The van der Waals surface area contributed by atoms with E-state index in [1.54, 1.807) is 13.3 Å². The Hall–Kier alpha value is -3.73. The number of aliphatic hydroxyl groups is 1. The average Bonchev–Trinajstić information content (AvgIpc) is 3.21. The highest BCUT2D eigenvalue weighted by Gasteiger charge is 2.39. The smallest absolute Gasteiger partial charge is 0.234 e. The number of ether oxygens (including phenoxy) is 1. The summed E-state index contributed by atoms with van der Waals surface area (Å²) in [5.41, 5.74) is 4.05. The van der Waals surface area contributed by atoms with Crippen LogP contribution in [-0.2, 0) is 21.5 Å². The number of aldehydes is 1. The molecule has 1 atom stereocenters. The number of aliphatic hydroxyl groups excluding tert-OH is 1. The lowest BCUT2D eigenvalue weighted by Crippen LogP contribution is -2.38. The van der Waals surface area contributed by atoms with Gasteiger partial charge in [0.05, 0.1) is 24.4 Å². The summed E-state index contributed by atoms with van der Waals surface area (Å²) in [6.07, 6.45) is 3.06. The van der Waals surface area contributed by atoms with Crippen molar-refractivity contribution < 1.29 is 19.4 Å². The zero-order valence-corrected chi connectivity index (χ0v) is 24.2. The largest absolute Gasteiger partial charge is 0.495 e. The van der Waals surface area contributed by atoms with E-state index >= 15 is 0 Å². The first-order valence-corrected chi connectivity index (χ1v) is 14.1. The fourth-order valence-electron chi connectivity index (χ4n) is 5.65.